The third-order valence-corrected chi connectivity index (χ3v) is 3.71. The SMILES string of the molecule is CN1Cc2cc(C(N)CCCCC(=O)O)ccc2NC1=O. The van der Waals surface area contributed by atoms with Crippen LogP contribution in [0.1, 0.15) is 42.9 Å². The molecule has 2 rings (SSSR count). The van der Waals surface area contributed by atoms with Crippen LogP contribution in [0.5, 0.6) is 0 Å². The minimum atomic E-state index is -0.767. The highest BCUT2D eigenvalue weighted by atomic mass is 16.4. The summed E-state index contributed by atoms with van der Waals surface area (Å²) in [5, 5.41) is 11.4. The molecular weight excluding hydrogens is 270 g/mol. The van der Waals surface area contributed by atoms with Crippen molar-refractivity contribution in [2.24, 2.45) is 5.73 Å². The van der Waals surface area contributed by atoms with E-state index in [1.807, 2.05) is 18.2 Å². The fourth-order valence-electron chi connectivity index (χ4n) is 2.44. The van der Waals surface area contributed by atoms with E-state index < -0.39 is 5.97 Å². The number of nitrogens with two attached hydrogens (primary N) is 1. The highest BCUT2D eigenvalue weighted by Crippen LogP contribution is 2.27. The summed E-state index contributed by atoms with van der Waals surface area (Å²) in [5.41, 5.74) is 9.07. The van der Waals surface area contributed by atoms with E-state index in [-0.39, 0.29) is 18.5 Å². The number of hydrogen-bond donors (Lipinski definition) is 3. The van der Waals surface area contributed by atoms with Gasteiger partial charge in [-0.3, -0.25) is 4.79 Å². The number of carboxylic acids is 1. The Morgan fingerprint density at radius 2 is 2.24 bits per heavy atom. The molecule has 0 spiro atoms. The zero-order valence-corrected chi connectivity index (χ0v) is 12.1. The largest absolute Gasteiger partial charge is 0.481 e. The summed E-state index contributed by atoms with van der Waals surface area (Å²) in [7, 11) is 1.75. The predicted molar refractivity (Wildman–Crippen MR) is 80.0 cm³/mol. The average Bonchev–Trinajstić information content (AvgIpc) is 2.44. The van der Waals surface area contributed by atoms with Crippen LogP contribution in [0.25, 0.3) is 0 Å². The van der Waals surface area contributed by atoms with Crippen molar-refractivity contribution in [3.05, 3.63) is 29.3 Å². The Labute approximate surface area is 123 Å². The van der Waals surface area contributed by atoms with Crippen molar-refractivity contribution in [3.63, 3.8) is 0 Å². The lowest BCUT2D eigenvalue weighted by atomic mass is 9.98. The molecule has 1 aromatic rings. The van der Waals surface area contributed by atoms with Crippen molar-refractivity contribution in [2.75, 3.05) is 12.4 Å². The van der Waals surface area contributed by atoms with Crippen LogP contribution in [0.3, 0.4) is 0 Å². The van der Waals surface area contributed by atoms with Crippen LogP contribution in [0, 0.1) is 0 Å². The summed E-state index contributed by atoms with van der Waals surface area (Å²) >= 11 is 0. The molecule has 2 amide bonds. The Morgan fingerprint density at radius 3 is 2.95 bits per heavy atom. The maximum atomic E-state index is 11.5. The van der Waals surface area contributed by atoms with Gasteiger partial charge in [-0.05, 0) is 30.0 Å². The second-order valence-corrected chi connectivity index (χ2v) is 5.45. The van der Waals surface area contributed by atoms with Crippen LogP contribution in [-0.4, -0.2) is 29.1 Å². The number of nitrogens with one attached hydrogen (secondary N) is 1. The van der Waals surface area contributed by atoms with E-state index >= 15 is 0 Å². The van der Waals surface area contributed by atoms with Gasteiger partial charge in [-0.2, -0.15) is 0 Å². The monoisotopic (exact) mass is 291 g/mol. The standard InChI is InChI=1S/C15H21N3O3/c1-18-9-11-8-10(6-7-13(11)17-15(18)21)12(16)4-2-3-5-14(19)20/h6-8,12H,2-5,9,16H2,1H3,(H,17,21)(H,19,20). The summed E-state index contributed by atoms with van der Waals surface area (Å²) in [6, 6.07) is 5.62. The van der Waals surface area contributed by atoms with Gasteiger partial charge in [0.1, 0.15) is 0 Å². The van der Waals surface area contributed by atoms with Crippen LogP contribution in [0.2, 0.25) is 0 Å². The number of rotatable bonds is 6. The lowest BCUT2D eigenvalue weighted by Crippen LogP contribution is -2.35. The topological polar surface area (TPSA) is 95.7 Å². The number of hydrogen-bond acceptors (Lipinski definition) is 3. The number of benzene rings is 1. The number of carbonyl (C=O) groups is 2. The number of amides is 2. The lowest BCUT2D eigenvalue weighted by Gasteiger charge is -2.27. The first kappa shape index (κ1) is 15.3. The summed E-state index contributed by atoms with van der Waals surface area (Å²) in [6.07, 6.45) is 2.38. The fourth-order valence-corrected chi connectivity index (χ4v) is 2.44. The van der Waals surface area contributed by atoms with Crippen molar-refractivity contribution in [1.29, 1.82) is 0 Å². The zero-order valence-electron chi connectivity index (χ0n) is 12.1. The molecule has 1 atom stereocenters. The minimum Gasteiger partial charge on any atom is -0.481 e. The van der Waals surface area contributed by atoms with E-state index in [0.29, 0.717) is 13.0 Å². The molecule has 0 saturated heterocycles. The Hall–Kier alpha value is -2.08. The van der Waals surface area contributed by atoms with Gasteiger partial charge in [-0.15, -0.1) is 0 Å². The molecule has 1 heterocycles. The third-order valence-electron chi connectivity index (χ3n) is 3.71. The Bertz CT molecular complexity index is 545. The van der Waals surface area contributed by atoms with E-state index in [1.165, 1.54) is 0 Å². The van der Waals surface area contributed by atoms with Gasteiger partial charge in [-0.25, -0.2) is 4.79 Å². The number of aliphatic carboxylic acids is 1. The Morgan fingerprint density at radius 1 is 1.48 bits per heavy atom. The summed E-state index contributed by atoms with van der Waals surface area (Å²) in [5.74, 6) is -0.767. The quantitative estimate of drug-likeness (QED) is 0.701. The lowest BCUT2D eigenvalue weighted by molar-refractivity contribution is -0.137. The molecule has 0 aliphatic carbocycles. The highest BCUT2D eigenvalue weighted by Gasteiger charge is 2.20. The molecule has 0 fully saturated rings. The summed E-state index contributed by atoms with van der Waals surface area (Å²) in [4.78, 5) is 23.6. The van der Waals surface area contributed by atoms with Gasteiger partial charge in [0, 0.05) is 31.7 Å². The number of anilines is 1. The van der Waals surface area contributed by atoms with Gasteiger partial charge in [-0.1, -0.05) is 18.6 Å². The first-order valence-electron chi connectivity index (χ1n) is 7.09. The van der Waals surface area contributed by atoms with Crippen molar-refractivity contribution >= 4 is 17.7 Å². The summed E-state index contributed by atoms with van der Waals surface area (Å²) < 4.78 is 0. The number of fused-ring (bicyclic) bond motifs is 1. The number of nitrogens with zero attached hydrogens (tertiary/aromatic N) is 1. The zero-order chi connectivity index (χ0) is 15.4. The van der Waals surface area contributed by atoms with Crippen LogP contribution in [0.15, 0.2) is 18.2 Å². The van der Waals surface area contributed by atoms with Crippen molar-refractivity contribution in [2.45, 2.75) is 38.3 Å². The van der Waals surface area contributed by atoms with E-state index in [1.54, 1.807) is 11.9 Å². The second kappa shape index (κ2) is 6.58. The van der Waals surface area contributed by atoms with Crippen LogP contribution in [-0.2, 0) is 11.3 Å². The number of carbonyl (C=O) groups excluding carboxylic acids is 1. The molecule has 4 N–H and O–H groups in total. The molecule has 0 bridgehead atoms. The molecular formula is C15H21N3O3. The van der Waals surface area contributed by atoms with Crippen LogP contribution in [0.4, 0.5) is 10.5 Å². The molecule has 0 aromatic heterocycles. The van der Waals surface area contributed by atoms with Crippen LogP contribution >= 0.6 is 0 Å². The molecule has 6 heteroatoms. The molecule has 1 aliphatic rings. The predicted octanol–water partition coefficient (Wildman–Crippen LogP) is 2.31. The van der Waals surface area contributed by atoms with Gasteiger partial charge in [0.15, 0.2) is 0 Å². The molecule has 114 valence electrons. The maximum absolute atomic E-state index is 11.5. The molecule has 21 heavy (non-hydrogen) atoms. The van der Waals surface area contributed by atoms with Crippen molar-refractivity contribution in [3.8, 4) is 0 Å². The molecule has 0 radical (unpaired) electrons. The highest BCUT2D eigenvalue weighted by molar-refractivity contribution is 5.92. The van der Waals surface area contributed by atoms with E-state index in [0.717, 1.165) is 29.7 Å². The maximum Gasteiger partial charge on any atom is 0.321 e. The Kier molecular flexibility index (Phi) is 4.80. The molecule has 1 aromatic carbocycles. The van der Waals surface area contributed by atoms with E-state index in [4.69, 9.17) is 10.8 Å². The number of urea groups is 1. The first-order chi connectivity index (χ1) is 9.97. The van der Waals surface area contributed by atoms with Gasteiger partial charge in [0.25, 0.3) is 0 Å². The second-order valence-electron chi connectivity index (χ2n) is 5.45. The van der Waals surface area contributed by atoms with E-state index in [2.05, 4.69) is 5.32 Å². The third kappa shape index (κ3) is 3.95. The van der Waals surface area contributed by atoms with Gasteiger partial charge >= 0.3 is 12.0 Å². The smallest absolute Gasteiger partial charge is 0.321 e. The molecule has 1 aliphatic heterocycles. The normalized spacial score (nSPS) is 15.3. The van der Waals surface area contributed by atoms with Crippen molar-refractivity contribution < 1.29 is 14.7 Å². The van der Waals surface area contributed by atoms with Crippen molar-refractivity contribution in [1.82, 2.24) is 4.90 Å². The fraction of sp³-hybridized carbons (Fsp3) is 0.467. The van der Waals surface area contributed by atoms with Crippen LogP contribution < -0.4 is 11.1 Å². The van der Waals surface area contributed by atoms with Gasteiger partial charge < -0.3 is 21.1 Å². The minimum absolute atomic E-state index is 0.104. The Balaban J connectivity index is 1.96. The first-order valence-corrected chi connectivity index (χ1v) is 7.09. The number of unbranched alkanes of at least 4 members (excludes halogenated alkanes) is 1. The molecule has 0 saturated carbocycles. The van der Waals surface area contributed by atoms with E-state index in [9.17, 15) is 9.59 Å². The summed E-state index contributed by atoms with van der Waals surface area (Å²) in [6.45, 7) is 0.570. The molecule has 1 unspecified atom stereocenters. The van der Waals surface area contributed by atoms with Gasteiger partial charge in [0.2, 0.25) is 0 Å². The average molecular weight is 291 g/mol. The molecule has 6 nitrogen and oxygen atoms in total. The van der Waals surface area contributed by atoms with Gasteiger partial charge in [0.05, 0.1) is 0 Å². The number of carboxylic acid groups (broad SMARTS) is 1.